The van der Waals surface area contributed by atoms with Gasteiger partial charge in [0.1, 0.15) is 0 Å². The van der Waals surface area contributed by atoms with Gasteiger partial charge in [0.15, 0.2) is 0 Å². The topological polar surface area (TPSA) is 63.8 Å². The van der Waals surface area contributed by atoms with Crippen molar-refractivity contribution in [1.29, 1.82) is 0 Å². The Morgan fingerprint density at radius 1 is 1.38 bits per heavy atom. The maximum absolute atomic E-state index is 5.51. The van der Waals surface area contributed by atoms with Crippen LogP contribution in [0.3, 0.4) is 0 Å². The van der Waals surface area contributed by atoms with Crippen LogP contribution in [0.4, 0.5) is 5.95 Å². The first-order valence-corrected chi connectivity index (χ1v) is 6.24. The van der Waals surface area contributed by atoms with Gasteiger partial charge in [-0.15, -0.1) is 0 Å². The zero-order chi connectivity index (χ0) is 12.0. The van der Waals surface area contributed by atoms with Crippen LogP contribution in [0.5, 0.6) is 0 Å². The number of rotatable bonds is 6. The van der Waals surface area contributed by atoms with Crippen LogP contribution in [-0.4, -0.2) is 23.1 Å². The highest BCUT2D eigenvalue weighted by atomic mass is 79.9. The summed E-state index contributed by atoms with van der Waals surface area (Å²) in [6.45, 7) is 6.04. The van der Waals surface area contributed by atoms with E-state index in [1.54, 1.807) is 12.4 Å². The second kappa shape index (κ2) is 6.15. The molecule has 90 valence electrons. The van der Waals surface area contributed by atoms with E-state index in [1.165, 1.54) is 0 Å². The number of nitrogens with zero attached hydrogens (tertiary/aromatic N) is 2. The summed E-state index contributed by atoms with van der Waals surface area (Å²) in [5.74, 6) is 0.670. The molecule has 0 bridgehead atoms. The molecule has 4 nitrogen and oxygen atoms in total. The van der Waals surface area contributed by atoms with Gasteiger partial charge in [-0.1, -0.05) is 13.8 Å². The van der Waals surface area contributed by atoms with Crippen molar-refractivity contribution >= 4 is 21.9 Å². The Morgan fingerprint density at radius 2 is 2.00 bits per heavy atom. The van der Waals surface area contributed by atoms with Crippen LogP contribution in [0.2, 0.25) is 0 Å². The second-order valence-corrected chi connectivity index (χ2v) is 5.55. The number of hydrogen-bond acceptors (Lipinski definition) is 4. The lowest BCUT2D eigenvalue weighted by Crippen LogP contribution is -2.24. The van der Waals surface area contributed by atoms with Crippen LogP contribution < -0.4 is 11.1 Å². The fraction of sp³-hybridized carbons (Fsp3) is 0.636. The molecule has 1 rings (SSSR count). The zero-order valence-electron chi connectivity index (χ0n) is 9.83. The lowest BCUT2D eigenvalue weighted by atomic mass is 9.88. The maximum atomic E-state index is 5.51. The third-order valence-corrected chi connectivity index (χ3v) is 2.81. The Morgan fingerprint density at radius 3 is 2.56 bits per heavy atom. The van der Waals surface area contributed by atoms with Gasteiger partial charge in [-0.3, -0.25) is 0 Å². The van der Waals surface area contributed by atoms with E-state index in [0.717, 1.165) is 30.4 Å². The van der Waals surface area contributed by atoms with Crippen molar-refractivity contribution in [2.75, 3.05) is 18.4 Å². The van der Waals surface area contributed by atoms with Crippen molar-refractivity contribution < 1.29 is 0 Å². The molecule has 0 aliphatic heterocycles. The SMILES string of the molecule is CC(C)(CCCN)CNc1ncc(Br)cn1. The standard InChI is InChI=1S/C11H19BrN4/c1-11(2,4-3-5-13)8-16-10-14-6-9(12)7-15-10/h6-7H,3-5,8,13H2,1-2H3,(H,14,15,16). The number of anilines is 1. The Kier molecular flexibility index (Phi) is 5.15. The molecule has 0 radical (unpaired) electrons. The quantitative estimate of drug-likeness (QED) is 0.843. The van der Waals surface area contributed by atoms with E-state index >= 15 is 0 Å². The highest BCUT2D eigenvalue weighted by molar-refractivity contribution is 9.10. The van der Waals surface area contributed by atoms with Gasteiger partial charge in [0.25, 0.3) is 0 Å². The smallest absolute Gasteiger partial charge is 0.222 e. The molecule has 0 unspecified atom stereocenters. The fourth-order valence-corrected chi connectivity index (χ4v) is 1.60. The Balaban J connectivity index is 2.41. The highest BCUT2D eigenvalue weighted by Gasteiger charge is 2.17. The van der Waals surface area contributed by atoms with Crippen molar-refractivity contribution in [2.24, 2.45) is 11.1 Å². The molecule has 0 amide bonds. The number of nitrogens with one attached hydrogen (secondary N) is 1. The van der Waals surface area contributed by atoms with E-state index in [4.69, 9.17) is 5.73 Å². The van der Waals surface area contributed by atoms with E-state index in [2.05, 4.69) is 45.1 Å². The molecule has 3 N–H and O–H groups in total. The summed E-state index contributed by atoms with van der Waals surface area (Å²) in [6, 6.07) is 0. The molecular weight excluding hydrogens is 268 g/mol. The predicted molar refractivity (Wildman–Crippen MR) is 70.3 cm³/mol. The third-order valence-electron chi connectivity index (χ3n) is 2.40. The van der Waals surface area contributed by atoms with Gasteiger partial charge >= 0.3 is 0 Å². The second-order valence-electron chi connectivity index (χ2n) is 4.63. The van der Waals surface area contributed by atoms with Gasteiger partial charge in [0.2, 0.25) is 5.95 Å². The number of halogens is 1. The van der Waals surface area contributed by atoms with Gasteiger partial charge in [-0.2, -0.15) is 0 Å². The zero-order valence-corrected chi connectivity index (χ0v) is 11.4. The Bertz CT molecular complexity index is 310. The summed E-state index contributed by atoms with van der Waals surface area (Å²) in [7, 11) is 0. The number of aromatic nitrogens is 2. The lowest BCUT2D eigenvalue weighted by molar-refractivity contribution is 0.349. The first-order valence-electron chi connectivity index (χ1n) is 5.45. The molecule has 0 aliphatic carbocycles. The van der Waals surface area contributed by atoms with Crippen LogP contribution in [0.25, 0.3) is 0 Å². The summed E-state index contributed by atoms with van der Waals surface area (Å²) in [4.78, 5) is 8.34. The van der Waals surface area contributed by atoms with E-state index in [0.29, 0.717) is 5.95 Å². The van der Waals surface area contributed by atoms with E-state index in [-0.39, 0.29) is 5.41 Å². The van der Waals surface area contributed by atoms with Crippen molar-refractivity contribution in [3.8, 4) is 0 Å². The van der Waals surface area contributed by atoms with Gasteiger partial charge < -0.3 is 11.1 Å². The lowest BCUT2D eigenvalue weighted by Gasteiger charge is -2.24. The molecule has 16 heavy (non-hydrogen) atoms. The molecule has 1 aromatic heterocycles. The van der Waals surface area contributed by atoms with Crippen molar-refractivity contribution in [3.63, 3.8) is 0 Å². The van der Waals surface area contributed by atoms with E-state index in [9.17, 15) is 0 Å². The number of nitrogens with two attached hydrogens (primary N) is 1. The molecule has 1 heterocycles. The molecule has 5 heteroatoms. The summed E-state index contributed by atoms with van der Waals surface area (Å²) in [5.41, 5.74) is 5.73. The molecule has 0 saturated carbocycles. The fourth-order valence-electron chi connectivity index (χ4n) is 1.39. The predicted octanol–water partition coefficient (Wildman–Crippen LogP) is 2.42. The Labute approximate surface area is 105 Å². The minimum absolute atomic E-state index is 0.218. The van der Waals surface area contributed by atoms with Crippen LogP contribution in [0.1, 0.15) is 26.7 Å². The normalized spacial score (nSPS) is 11.5. The first-order chi connectivity index (χ1) is 7.53. The molecule has 0 atom stereocenters. The van der Waals surface area contributed by atoms with Crippen molar-refractivity contribution in [3.05, 3.63) is 16.9 Å². The minimum atomic E-state index is 0.218. The third kappa shape index (κ3) is 4.90. The minimum Gasteiger partial charge on any atom is -0.354 e. The summed E-state index contributed by atoms with van der Waals surface area (Å²) in [6.07, 6.45) is 5.63. The summed E-state index contributed by atoms with van der Waals surface area (Å²) in [5, 5.41) is 3.24. The molecule has 0 spiro atoms. The van der Waals surface area contributed by atoms with Crippen LogP contribution >= 0.6 is 15.9 Å². The van der Waals surface area contributed by atoms with Crippen molar-refractivity contribution in [1.82, 2.24) is 9.97 Å². The average Bonchev–Trinajstić information content (AvgIpc) is 2.26. The monoisotopic (exact) mass is 286 g/mol. The van der Waals surface area contributed by atoms with Gasteiger partial charge in [-0.05, 0) is 40.7 Å². The molecule has 0 saturated heterocycles. The Hall–Kier alpha value is -0.680. The van der Waals surface area contributed by atoms with Gasteiger partial charge in [-0.25, -0.2) is 9.97 Å². The summed E-state index contributed by atoms with van der Waals surface area (Å²) >= 11 is 3.30. The van der Waals surface area contributed by atoms with E-state index < -0.39 is 0 Å². The molecular formula is C11H19BrN4. The van der Waals surface area contributed by atoms with Gasteiger partial charge in [0, 0.05) is 18.9 Å². The molecule has 0 aromatic carbocycles. The average molecular weight is 287 g/mol. The van der Waals surface area contributed by atoms with Crippen LogP contribution in [0, 0.1) is 5.41 Å². The number of hydrogen-bond donors (Lipinski definition) is 2. The molecule has 0 fully saturated rings. The maximum Gasteiger partial charge on any atom is 0.222 e. The van der Waals surface area contributed by atoms with E-state index in [1.807, 2.05) is 0 Å². The van der Waals surface area contributed by atoms with Gasteiger partial charge in [0.05, 0.1) is 4.47 Å². The van der Waals surface area contributed by atoms with Crippen LogP contribution in [0.15, 0.2) is 16.9 Å². The molecule has 1 aromatic rings. The van der Waals surface area contributed by atoms with Crippen LogP contribution in [-0.2, 0) is 0 Å². The largest absolute Gasteiger partial charge is 0.354 e. The first kappa shape index (κ1) is 13.4. The highest BCUT2D eigenvalue weighted by Crippen LogP contribution is 2.22. The molecule has 0 aliphatic rings. The summed E-state index contributed by atoms with van der Waals surface area (Å²) < 4.78 is 0.889. The van der Waals surface area contributed by atoms with Crippen molar-refractivity contribution in [2.45, 2.75) is 26.7 Å².